The van der Waals surface area contributed by atoms with Gasteiger partial charge in [0.15, 0.2) is 0 Å². The number of anilines is 1. The van der Waals surface area contributed by atoms with Crippen molar-refractivity contribution in [3.8, 4) is 16.9 Å². The van der Waals surface area contributed by atoms with Gasteiger partial charge in [0.1, 0.15) is 11.6 Å². The Balaban J connectivity index is 2.58. The zero-order valence-corrected chi connectivity index (χ0v) is 8.73. The van der Waals surface area contributed by atoms with E-state index in [0.29, 0.717) is 5.82 Å². The summed E-state index contributed by atoms with van der Waals surface area (Å²) in [6.45, 7) is 1.93. The molecule has 2 aromatic rings. The van der Waals surface area contributed by atoms with Crippen LogP contribution in [0, 0.1) is 6.92 Å². The predicted molar refractivity (Wildman–Crippen MR) is 59.5 cm³/mol. The molecule has 0 bridgehead atoms. The van der Waals surface area contributed by atoms with Crippen LogP contribution in [0.1, 0.15) is 5.56 Å². The third-order valence-corrected chi connectivity index (χ3v) is 2.36. The largest absolute Gasteiger partial charge is 0.508 e. The number of benzene rings is 1. The van der Waals surface area contributed by atoms with Gasteiger partial charge in [0.25, 0.3) is 0 Å². The second-order valence-electron chi connectivity index (χ2n) is 3.62. The van der Waals surface area contributed by atoms with E-state index in [1.165, 1.54) is 0 Å². The summed E-state index contributed by atoms with van der Waals surface area (Å²) >= 11 is 0. The summed E-state index contributed by atoms with van der Waals surface area (Å²) in [6.07, 6.45) is 1.70. The van der Waals surface area contributed by atoms with Gasteiger partial charge in [-0.3, -0.25) is 4.68 Å². The minimum Gasteiger partial charge on any atom is -0.508 e. The first-order valence-electron chi connectivity index (χ1n) is 4.66. The van der Waals surface area contributed by atoms with Gasteiger partial charge in [-0.1, -0.05) is 6.07 Å². The Kier molecular flexibility index (Phi) is 2.11. The van der Waals surface area contributed by atoms with Crippen LogP contribution in [0.5, 0.6) is 5.75 Å². The quantitative estimate of drug-likeness (QED) is 0.741. The molecule has 0 aliphatic carbocycles. The molecule has 0 radical (unpaired) electrons. The van der Waals surface area contributed by atoms with Gasteiger partial charge in [-0.05, 0) is 30.2 Å². The molecule has 2 rings (SSSR count). The van der Waals surface area contributed by atoms with Crippen LogP contribution >= 0.6 is 0 Å². The van der Waals surface area contributed by atoms with Crippen LogP contribution in [-0.2, 0) is 7.05 Å². The summed E-state index contributed by atoms with van der Waals surface area (Å²) in [7, 11) is 1.79. The molecule has 1 aromatic heterocycles. The van der Waals surface area contributed by atoms with E-state index in [4.69, 9.17) is 5.73 Å². The molecular weight excluding hydrogens is 190 g/mol. The minimum absolute atomic E-state index is 0.244. The number of hydrogen-bond donors (Lipinski definition) is 2. The summed E-state index contributed by atoms with van der Waals surface area (Å²) in [4.78, 5) is 0. The molecule has 0 amide bonds. The van der Waals surface area contributed by atoms with Crippen molar-refractivity contribution in [2.24, 2.45) is 7.05 Å². The molecular formula is C11H13N3O. The highest BCUT2D eigenvalue weighted by Gasteiger charge is 2.08. The monoisotopic (exact) mass is 203 g/mol. The molecule has 15 heavy (non-hydrogen) atoms. The average Bonchev–Trinajstić information content (AvgIpc) is 2.46. The molecule has 4 nitrogen and oxygen atoms in total. The van der Waals surface area contributed by atoms with E-state index in [1.54, 1.807) is 30.1 Å². The second-order valence-corrected chi connectivity index (χ2v) is 3.62. The first kappa shape index (κ1) is 9.58. The molecule has 0 spiro atoms. The molecule has 0 aliphatic heterocycles. The Morgan fingerprint density at radius 3 is 2.60 bits per heavy atom. The number of nitrogen functional groups attached to an aromatic ring is 1. The lowest BCUT2D eigenvalue weighted by atomic mass is 10.1. The van der Waals surface area contributed by atoms with E-state index in [9.17, 15) is 5.11 Å². The van der Waals surface area contributed by atoms with E-state index < -0.39 is 0 Å². The fraction of sp³-hybridized carbons (Fsp3) is 0.182. The van der Waals surface area contributed by atoms with Crippen LogP contribution in [0.4, 0.5) is 5.82 Å². The van der Waals surface area contributed by atoms with Crippen LogP contribution in [-0.4, -0.2) is 14.9 Å². The van der Waals surface area contributed by atoms with Gasteiger partial charge >= 0.3 is 0 Å². The highest BCUT2D eigenvalue weighted by molar-refractivity contribution is 5.74. The number of phenols is 1. The number of aromatic nitrogens is 2. The summed E-state index contributed by atoms with van der Waals surface area (Å²) in [5.41, 5.74) is 8.58. The third-order valence-electron chi connectivity index (χ3n) is 2.36. The van der Waals surface area contributed by atoms with Crippen molar-refractivity contribution in [2.75, 3.05) is 5.73 Å². The van der Waals surface area contributed by atoms with E-state index in [-0.39, 0.29) is 5.75 Å². The van der Waals surface area contributed by atoms with E-state index >= 15 is 0 Å². The number of phenolic OH excluding ortho intramolecular Hbond substituents is 1. The maximum Gasteiger partial charge on any atom is 0.129 e. The molecule has 1 heterocycles. The van der Waals surface area contributed by atoms with Crippen molar-refractivity contribution in [3.05, 3.63) is 30.0 Å². The van der Waals surface area contributed by atoms with Crippen molar-refractivity contribution < 1.29 is 5.11 Å². The zero-order chi connectivity index (χ0) is 11.0. The Hall–Kier alpha value is -1.97. The van der Waals surface area contributed by atoms with Crippen molar-refractivity contribution in [3.63, 3.8) is 0 Å². The van der Waals surface area contributed by atoms with Gasteiger partial charge in [0.05, 0.1) is 6.20 Å². The zero-order valence-electron chi connectivity index (χ0n) is 8.73. The van der Waals surface area contributed by atoms with E-state index in [1.807, 2.05) is 13.0 Å². The molecule has 78 valence electrons. The van der Waals surface area contributed by atoms with Crippen LogP contribution in [0.3, 0.4) is 0 Å². The van der Waals surface area contributed by atoms with Gasteiger partial charge in [0.2, 0.25) is 0 Å². The fourth-order valence-electron chi connectivity index (χ4n) is 1.59. The molecule has 0 fully saturated rings. The molecule has 3 N–H and O–H groups in total. The first-order chi connectivity index (χ1) is 7.08. The topological polar surface area (TPSA) is 64.1 Å². The number of nitrogens with two attached hydrogens (primary N) is 1. The fourth-order valence-corrected chi connectivity index (χ4v) is 1.59. The Bertz CT molecular complexity index is 482. The highest BCUT2D eigenvalue weighted by Crippen LogP contribution is 2.28. The minimum atomic E-state index is 0.244. The molecule has 0 atom stereocenters. The summed E-state index contributed by atoms with van der Waals surface area (Å²) in [5, 5.41) is 13.5. The van der Waals surface area contributed by atoms with Crippen molar-refractivity contribution in [2.45, 2.75) is 6.92 Å². The highest BCUT2D eigenvalue weighted by atomic mass is 16.3. The van der Waals surface area contributed by atoms with Crippen molar-refractivity contribution >= 4 is 5.82 Å². The number of aryl methyl sites for hydroxylation is 2. The molecule has 0 saturated heterocycles. The summed E-state index contributed by atoms with van der Waals surface area (Å²) in [5.74, 6) is 0.841. The number of hydrogen-bond acceptors (Lipinski definition) is 3. The SMILES string of the molecule is Cc1cc(O)cc(-c2cnn(C)c2N)c1. The van der Waals surface area contributed by atoms with Gasteiger partial charge in [0, 0.05) is 12.6 Å². The van der Waals surface area contributed by atoms with E-state index in [0.717, 1.165) is 16.7 Å². The number of aromatic hydroxyl groups is 1. The molecule has 0 aliphatic rings. The molecule has 0 unspecified atom stereocenters. The van der Waals surface area contributed by atoms with Gasteiger partial charge in [-0.25, -0.2) is 0 Å². The maximum absolute atomic E-state index is 9.48. The van der Waals surface area contributed by atoms with Crippen LogP contribution in [0.25, 0.3) is 11.1 Å². The standard InChI is InChI=1S/C11H13N3O/c1-7-3-8(5-9(15)4-7)10-6-13-14(2)11(10)12/h3-6,15H,12H2,1-2H3. The van der Waals surface area contributed by atoms with Crippen LogP contribution in [0.15, 0.2) is 24.4 Å². The summed E-state index contributed by atoms with van der Waals surface area (Å²) in [6, 6.07) is 5.35. The predicted octanol–water partition coefficient (Wildman–Crippen LogP) is 1.68. The first-order valence-corrected chi connectivity index (χ1v) is 4.66. The van der Waals surface area contributed by atoms with Gasteiger partial charge in [-0.2, -0.15) is 5.10 Å². The second kappa shape index (κ2) is 3.31. The Labute approximate surface area is 88.0 Å². The molecule has 1 aromatic carbocycles. The third kappa shape index (κ3) is 1.66. The number of rotatable bonds is 1. The Morgan fingerprint density at radius 1 is 1.33 bits per heavy atom. The van der Waals surface area contributed by atoms with Crippen LogP contribution < -0.4 is 5.73 Å². The Morgan fingerprint density at radius 2 is 2.07 bits per heavy atom. The molecule has 4 heteroatoms. The molecule has 0 saturated carbocycles. The van der Waals surface area contributed by atoms with Gasteiger partial charge in [-0.15, -0.1) is 0 Å². The lowest BCUT2D eigenvalue weighted by Gasteiger charge is -2.03. The normalized spacial score (nSPS) is 10.5. The maximum atomic E-state index is 9.48. The lowest BCUT2D eigenvalue weighted by molar-refractivity contribution is 0.475. The van der Waals surface area contributed by atoms with Crippen molar-refractivity contribution in [1.82, 2.24) is 9.78 Å². The summed E-state index contributed by atoms with van der Waals surface area (Å²) < 4.78 is 1.61. The number of nitrogens with zero attached hydrogens (tertiary/aromatic N) is 2. The van der Waals surface area contributed by atoms with Crippen LogP contribution in [0.2, 0.25) is 0 Å². The average molecular weight is 203 g/mol. The smallest absolute Gasteiger partial charge is 0.129 e. The van der Waals surface area contributed by atoms with E-state index in [2.05, 4.69) is 5.10 Å². The lowest BCUT2D eigenvalue weighted by Crippen LogP contribution is -1.98. The van der Waals surface area contributed by atoms with Crippen molar-refractivity contribution in [1.29, 1.82) is 0 Å². The van der Waals surface area contributed by atoms with Gasteiger partial charge < -0.3 is 10.8 Å².